The lowest BCUT2D eigenvalue weighted by Gasteiger charge is -2.07. The normalized spacial score (nSPS) is 10.6. The maximum atomic E-state index is 10.6. The highest BCUT2D eigenvalue weighted by atomic mass is 16.6. The fraction of sp³-hybridized carbons (Fsp3) is 0.308. The van der Waals surface area contributed by atoms with E-state index < -0.39 is 0 Å². The second-order valence-corrected chi connectivity index (χ2v) is 4.25. The minimum Gasteiger partial charge on any atom is -0.335 e. The molecule has 0 aliphatic carbocycles. The first-order valence-corrected chi connectivity index (χ1v) is 6.14. The Bertz CT molecular complexity index is 548. The molecule has 1 heterocycles. The summed E-state index contributed by atoms with van der Waals surface area (Å²) in [6.45, 7) is 1.38. The Hall–Kier alpha value is -2.21. The fourth-order valence-electron chi connectivity index (χ4n) is 1.93. The Morgan fingerprint density at radius 2 is 2.00 bits per heavy atom. The highest BCUT2D eigenvalue weighted by Crippen LogP contribution is 2.13. The van der Waals surface area contributed by atoms with Crippen molar-refractivity contribution in [2.24, 2.45) is 5.73 Å². The number of nitro benzene ring substituents is 1. The van der Waals surface area contributed by atoms with Crippen LogP contribution < -0.4 is 5.73 Å². The molecule has 0 unspecified atom stereocenters. The smallest absolute Gasteiger partial charge is 0.269 e. The van der Waals surface area contributed by atoms with Gasteiger partial charge in [-0.25, -0.2) is 4.98 Å². The predicted octanol–water partition coefficient (Wildman–Crippen LogP) is 1.54. The van der Waals surface area contributed by atoms with Gasteiger partial charge >= 0.3 is 0 Å². The van der Waals surface area contributed by atoms with E-state index in [0.717, 1.165) is 30.8 Å². The predicted molar refractivity (Wildman–Crippen MR) is 71.8 cm³/mol. The van der Waals surface area contributed by atoms with E-state index in [9.17, 15) is 10.1 Å². The van der Waals surface area contributed by atoms with Gasteiger partial charge in [0.05, 0.1) is 4.92 Å². The number of aryl methyl sites for hydroxylation is 2. The Morgan fingerprint density at radius 3 is 2.63 bits per heavy atom. The van der Waals surface area contributed by atoms with Crippen molar-refractivity contribution in [3.05, 3.63) is 58.2 Å². The zero-order valence-electron chi connectivity index (χ0n) is 10.5. The maximum Gasteiger partial charge on any atom is 0.269 e. The number of hydrogen-bond donors (Lipinski definition) is 1. The van der Waals surface area contributed by atoms with Crippen LogP contribution in [0.4, 0.5) is 5.69 Å². The number of benzene rings is 1. The highest BCUT2D eigenvalue weighted by molar-refractivity contribution is 5.32. The van der Waals surface area contributed by atoms with Crippen LogP contribution >= 0.6 is 0 Å². The van der Waals surface area contributed by atoms with E-state index in [2.05, 4.69) is 9.55 Å². The lowest BCUT2D eigenvalue weighted by atomic mass is 10.1. The molecule has 0 radical (unpaired) electrons. The third kappa shape index (κ3) is 3.38. The molecular formula is C13H16N4O2. The summed E-state index contributed by atoms with van der Waals surface area (Å²) in [5.74, 6) is 0.976. The van der Waals surface area contributed by atoms with Crippen molar-refractivity contribution in [3.8, 4) is 0 Å². The topological polar surface area (TPSA) is 87.0 Å². The van der Waals surface area contributed by atoms with Gasteiger partial charge < -0.3 is 10.3 Å². The zero-order valence-corrected chi connectivity index (χ0v) is 10.5. The van der Waals surface area contributed by atoms with Gasteiger partial charge in [-0.3, -0.25) is 10.1 Å². The van der Waals surface area contributed by atoms with Gasteiger partial charge in [0.2, 0.25) is 0 Å². The second-order valence-electron chi connectivity index (χ2n) is 4.25. The van der Waals surface area contributed by atoms with E-state index in [1.54, 1.807) is 18.3 Å². The molecule has 0 saturated carbocycles. The molecular weight excluding hydrogens is 244 g/mol. The van der Waals surface area contributed by atoms with Gasteiger partial charge in [0.25, 0.3) is 5.69 Å². The van der Waals surface area contributed by atoms with Crippen molar-refractivity contribution in [3.63, 3.8) is 0 Å². The van der Waals surface area contributed by atoms with Gasteiger partial charge in [0, 0.05) is 37.5 Å². The van der Waals surface area contributed by atoms with Gasteiger partial charge in [0.1, 0.15) is 5.82 Å². The lowest BCUT2D eigenvalue weighted by molar-refractivity contribution is -0.384. The van der Waals surface area contributed by atoms with E-state index in [0.29, 0.717) is 6.54 Å². The minimum absolute atomic E-state index is 0.121. The average molecular weight is 260 g/mol. The van der Waals surface area contributed by atoms with Crippen LogP contribution in [0.15, 0.2) is 36.7 Å². The second kappa shape index (κ2) is 6.10. The number of hydrogen-bond acceptors (Lipinski definition) is 4. The van der Waals surface area contributed by atoms with Crippen molar-refractivity contribution < 1.29 is 4.92 Å². The van der Waals surface area contributed by atoms with Crippen molar-refractivity contribution in [1.82, 2.24) is 9.55 Å². The molecule has 0 spiro atoms. The van der Waals surface area contributed by atoms with Crippen molar-refractivity contribution in [1.29, 1.82) is 0 Å². The molecule has 0 fully saturated rings. The van der Waals surface area contributed by atoms with Gasteiger partial charge in [-0.15, -0.1) is 0 Å². The average Bonchev–Trinajstić information content (AvgIpc) is 2.85. The van der Waals surface area contributed by atoms with Crippen molar-refractivity contribution in [2.75, 3.05) is 6.54 Å². The van der Waals surface area contributed by atoms with Crippen LogP contribution in [0.5, 0.6) is 0 Å². The minimum atomic E-state index is -0.390. The van der Waals surface area contributed by atoms with E-state index in [1.165, 1.54) is 12.1 Å². The Balaban J connectivity index is 1.98. The third-order valence-corrected chi connectivity index (χ3v) is 2.96. The number of nitro groups is 1. The third-order valence-electron chi connectivity index (χ3n) is 2.96. The number of nitrogens with zero attached hydrogens (tertiary/aromatic N) is 3. The van der Waals surface area contributed by atoms with Crippen LogP contribution in [0.1, 0.15) is 11.4 Å². The number of nitrogens with two attached hydrogens (primary N) is 1. The SMILES string of the molecule is NCCc1nccn1CCc1ccc([N+](=O)[O-])cc1. The summed E-state index contributed by atoms with van der Waals surface area (Å²) < 4.78 is 2.06. The molecule has 0 bridgehead atoms. The van der Waals surface area contributed by atoms with Gasteiger partial charge in [-0.2, -0.15) is 0 Å². The molecule has 1 aromatic heterocycles. The van der Waals surface area contributed by atoms with Crippen LogP contribution in [-0.2, 0) is 19.4 Å². The monoisotopic (exact) mass is 260 g/mol. The molecule has 2 N–H and O–H groups in total. The molecule has 6 heteroatoms. The maximum absolute atomic E-state index is 10.6. The molecule has 2 rings (SSSR count). The summed E-state index contributed by atoms with van der Waals surface area (Å²) in [5, 5.41) is 10.6. The van der Waals surface area contributed by atoms with Crippen LogP contribution in [0.2, 0.25) is 0 Å². The molecule has 0 aliphatic rings. The van der Waals surface area contributed by atoms with Crippen LogP contribution in [0.3, 0.4) is 0 Å². The molecule has 19 heavy (non-hydrogen) atoms. The van der Waals surface area contributed by atoms with Crippen LogP contribution in [-0.4, -0.2) is 21.0 Å². The summed E-state index contributed by atoms with van der Waals surface area (Å²) in [6.07, 6.45) is 5.26. The molecule has 100 valence electrons. The molecule has 2 aromatic rings. The van der Waals surface area contributed by atoms with Gasteiger partial charge in [-0.05, 0) is 18.5 Å². The van der Waals surface area contributed by atoms with Gasteiger partial charge in [-0.1, -0.05) is 12.1 Å². The summed E-state index contributed by atoms with van der Waals surface area (Å²) in [7, 11) is 0. The Morgan fingerprint density at radius 1 is 1.26 bits per heavy atom. The highest BCUT2D eigenvalue weighted by Gasteiger charge is 2.05. The van der Waals surface area contributed by atoms with E-state index in [1.807, 2.05) is 6.20 Å². The first kappa shape index (κ1) is 13.2. The zero-order chi connectivity index (χ0) is 13.7. The quantitative estimate of drug-likeness (QED) is 0.630. The number of imidazole rings is 1. The molecule has 0 amide bonds. The van der Waals surface area contributed by atoms with Crippen molar-refractivity contribution >= 4 is 5.69 Å². The van der Waals surface area contributed by atoms with E-state index in [4.69, 9.17) is 5.73 Å². The number of aromatic nitrogens is 2. The van der Waals surface area contributed by atoms with E-state index >= 15 is 0 Å². The molecule has 0 aliphatic heterocycles. The van der Waals surface area contributed by atoms with E-state index in [-0.39, 0.29) is 10.6 Å². The van der Waals surface area contributed by atoms with Crippen molar-refractivity contribution in [2.45, 2.75) is 19.4 Å². The Kier molecular flexibility index (Phi) is 4.25. The number of non-ortho nitro benzene ring substituents is 1. The molecule has 1 aromatic carbocycles. The summed E-state index contributed by atoms with van der Waals surface area (Å²) in [5.41, 5.74) is 6.71. The summed E-state index contributed by atoms with van der Waals surface area (Å²) >= 11 is 0. The summed E-state index contributed by atoms with van der Waals surface area (Å²) in [6, 6.07) is 6.64. The Labute approximate surface area is 111 Å². The summed E-state index contributed by atoms with van der Waals surface area (Å²) in [4.78, 5) is 14.4. The van der Waals surface area contributed by atoms with Gasteiger partial charge in [0.15, 0.2) is 0 Å². The van der Waals surface area contributed by atoms with Crippen LogP contribution in [0, 0.1) is 10.1 Å². The molecule has 0 saturated heterocycles. The largest absolute Gasteiger partial charge is 0.335 e. The number of rotatable bonds is 6. The van der Waals surface area contributed by atoms with Crippen LogP contribution in [0.25, 0.3) is 0 Å². The lowest BCUT2D eigenvalue weighted by Crippen LogP contribution is -2.11. The standard InChI is InChI=1S/C13H16N4O2/c14-7-5-13-15-8-10-16(13)9-6-11-1-3-12(4-2-11)17(18)19/h1-4,8,10H,5-7,9,14H2. The molecule has 6 nitrogen and oxygen atoms in total. The first-order valence-electron chi connectivity index (χ1n) is 6.14. The first-order chi connectivity index (χ1) is 9.20. The fourth-order valence-corrected chi connectivity index (χ4v) is 1.93. The molecule has 0 atom stereocenters.